The fraction of sp³-hybridized carbons (Fsp3) is 0.429. The van der Waals surface area contributed by atoms with E-state index >= 15 is 0 Å². The molecule has 0 fully saturated rings. The highest BCUT2D eigenvalue weighted by Gasteiger charge is 1.95. The fourth-order valence-electron chi connectivity index (χ4n) is 0.666. The van der Waals surface area contributed by atoms with Crippen molar-refractivity contribution in [2.75, 3.05) is 19.9 Å². The molecule has 0 aliphatic rings. The maximum Gasteiger partial charge on any atom is 0.223 e. The fourth-order valence-corrected chi connectivity index (χ4v) is 0.666. The topological polar surface area (TPSA) is 87.0 Å². The van der Waals surface area contributed by atoms with Crippen molar-refractivity contribution in [1.82, 2.24) is 9.97 Å². The lowest BCUT2D eigenvalue weighted by Crippen LogP contribution is -1.98. The smallest absolute Gasteiger partial charge is 0.223 e. The summed E-state index contributed by atoms with van der Waals surface area (Å²) in [6, 6.07) is 1.72. The maximum absolute atomic E-state index is 5.33. The third kappa shape index (κ3) is 3.16. The van der Waals surface area contributed by atoms with Crippen LogP contribution in [0.15, 0.2) is 6.07 Å². The van der Waals surface area contributed by atoms with Crippen LogP contribution in [-0.4, -0.2) is 24.1 Å². The minimum absolute atomic E-state index is 0.247. The van der Waals surface area contributed by atoms with Crippen LogP contribution in [0.25, 0.3) is 0 Å². The Bertz CT molecular complexity index is 219. The second-order valence-electron chi connectivity index (χ2n) is 1.91. The van der Waals surface area contributed by atoms with Gasteiger partial charge in [-0.2, -0.15) is 4.98 Å². The molecule has 4 N–H and O–H groups in total. The first-order valence-corrected chi connectivity index (χ1v) is 3.45. The first-order valence-electron chi connectivity index (χ1n) is 3.45. The summed E-state index contributed by atoms with van der Waals surface area (Å²) in [4.78, 5) is 7.67. The van der Waals surface area contributed by atoms with Crippen LogP contribution in [0.1, 0.15) is 5.69 Å². The van der Waals surface area contributed by atoms with E-state index < -0.39 is 0 Å². The summed E-state index contributed by atoms with van der Waals surface area (Å²) < 4.78 is 4.84. The highest BCUT2D eigenvalue weighted by Crippen LogP contribution is 2.07. The zero-order valence-corrected chi connectivity index (χ0v) is 7.53. The van der Waals surface area contributed by atoms with Gasteiger partial charge in [-0.05, 0) is 14.0 Å². The van der Waals surface area contributed by atoms with Crippen molar-refractivity contribution < 1.29 is 4.74 Å². The quantitative estimate of drug-likeness (QED) is 0.617. The number of aromatic nitrogens is 2. The monoisotopic (exact) mass is 170 g/mol. The summed E-state index contributed by atoms with van der Waals surface area (Å²) in [5, 5.41) is 0. The van der Waals surface area contributed by atoms with Gasteiger partial charge in [-0.1, -0.05) is 0 Å². The van der Waals surface area contributed by atoms with Gasteiger partial charge in [-0.3, -0.25) is 0 Å². The van der Waals surface area contributed by atoms with Gasteiger partial charge >= 0.3 is 0 Å². The molecule has 5 nitrogen and oxygen atoms in total. The summed E-state index contributed by atoms with van der Waals surface area (Å²) in [7, 11) is 3.04. The second kappa shape index (κ2) is 5.31. The molecule has 0 saturated carbocycles. The predicted octanol–water partition coefficient (Wildman–Crippen LogP) is -0.0493. The summed E-state index contributed by atoms with van der Waals surface area (Å²) in [6.45, 7) is 1.83. The van der Waals surface area contributed by atoms with Crippen LogP contribution in [0, 0.1) is 6.92 Å². The van der Waals surface area contributed by atoms with E-state index in [2.05, 4.69) is 15.7 Å². The van der Waals surface area contributed by atoms with Gasteiger partial charge in [-0.15, -0.1) is 0 Å². The maximum atomic E-state index is 5.33. The van der Waals surface area contributed by atoms with Crippen LogP contribution in [0.3, 0.4) is 0 Å². The summed E-state index contributed by atoms with van der Waals surface area (Å²) >= 11 is 0. The molecule has 0 radical (unpaired) electrons. The van der Waals surface area contributed by atoms with Gasteiger partial charge in [0.15, 0.2) is 0 Å². The van der Waals surface area contributed by atoms with E-state index in [0.29, 0.717) is 5.88 Å². The number of nitrogens with zero attached hydrogens (tertiary/aromatic N) is 2. The van der Waals surface area contributed by atoms with Crippen LogP contribution in [0.2, 0.25) is 0 Å². The molecular weight excluding hydrogens is 156 g/mol. The molecule has 0 aliphatic carbocycles. The van der Waals surface area contributed by atoms with Gasteiger partial charge in [0.2, 0.25) is 11.8 Å². The molecule has 0 spiro atoms. The zero-order valence-electron chi connectivity index (χ0n) is 7.53. The van der Waals surface area contributed by atoms with E-state index in [9.17, 15) is 0 Å². The average Bonchev–Trinajstić information content (AvgIpc) is 2.06. The minimum atomic E-state index is 0.247. The molecule has 1 aromatic rings. The summed E-state index contributed by atoms with van der Waals surface area (Å²) in [6.07, 6.45) is 0. The molecule has 1 heterocycles. The zero-order chi connectivity index (χ0) is 9.56. The van der Waals surface area contributed by atoms with Crippen LogP contribution >= 0.6 is 0 Å². The number of anilines is 1. The third-order valence-electron chi connectivity index (χ3n) is 1.06. The van der Waals surface area contributed by atoms with Crippen LogP contribution < -0.4 is 16.2 Å². The molecule has 68 valence electrons. The number of nitrogen functional groups attached to an aromatic ring is 1. The van der Waals surface area contributed by atoms with Crippen molar-refractivity contribution >= 4 is 5.95 Å². The Morgan fingerprint density at radius 2 is 1.92 bits per heavy atom. The van der Waals surface area contributed by atoms with Crippen LogP contribution in [0.4, 0.5) is 5.95 Å². The van der Waals surface area contributed by atoms with Gasteiger partial charge in [0, 0.05) is 11.8 Å². The van der Waals surface area contributed by atoms with E-state index in [0.717, 1.165) is 5.69 Å². The minimum Gasteiger partial charge on any atom is -0.481 e. The van der Waals surface area contributed by atoms with Crippen LogP contribution in [-0.2, 0) is 0 Å². The highest BCUT2D eigenvalue weighted by atomic mass is 16.5. The number of hydrogen-bond donors (Lipinski definition) is 2. The first-order chi connectivity index (χ1) is 5.72. The Kier molecular flexibility index (Phi) is 4.71. The molecule has 0 unspecified atom stereocenters. The van der Waals surface area contributed by atoms with Crippen molar-refractivity contribution in [2.45, 2.75) is 6.92 Å². The lowest BCUT2D eigenvalue weighted by molar-refractivity contribution is 0.397. The molecular formula is C7H14N4O. The lowest BCUT2D eigenvalue weighted by Gasteiger charge is -1.99. The number of ether oxygens (including phenoxy) is 1. The molecule has 1 aromatic heterocycles. The normalized spacial score (nSPS) is 8.33. The number of hydrogen-bond acceptors (Lipinski definition) is 5. The van der Waals surface area contributed by atoms with Crippen molar-refractivity contribution in [3.05, 3.63) is 11.8 Å². The van der Waals surface area contributed by atoms with Gasteiger partial charge in [-0.25, -0.2) is 4.98 Å². The Labute approximate surface area is 71.8 Å². The van der Waals surface area contributed by atoms with Crippen LogP contribution in [0.5, 0.6) is 5.88 Å². The van der Waals surface area contributed by atoms with Gasteiger partial charge in [0.1, 0.15) is 0 Å². The van der Waals surface area contributed by atoms with Gasteiger partial charge < -0.3 is 16.2 Å². The van der Waals surface area contributed by atoms with E-state index in [1.165, 1.54) is 7.05 Å². The molecule has 0 bridgehead atoms. The van der Waals surface area contributed by atoms with E-state index in [-0.39, 0.29) is 5.95 Å². The van der Waals surface area contributed by atoms with Crippen molar-refractivity contribution in [3.8, 4) is 5.88 Å². The Morgan fingerprint density at radius 3 is 2.33 bits per heavy atom. The SMILES string of the molecule is CN.COc1cc(C)nc(N)n1. The molecule has 0 amide bonds. The summed E-state index contributed by atoms with van der Waals surface area (Å²) in [5.74, 6) is 0.752. The largest absolute Gasteiger partial charge is 0.481 e. The van der Waals surface area contributed by atoms with Crippen molar-refractivity contribution in [2.24, 2.45) is 5.73 Å². The standard InChI is InChI=1S/C6H9N3O.CH5N/c1-4-3-5(10-2)9-6(7)8-4;1-2/h3H,1-2H3,(H2,7,8,9);2H2,1H3. The molecule has 0 aromatic carbocycles. The molecule has 0 atom stereocenters. The molecule has 0 saturated heterocycles. The Balaban J connectivity index is 0.000000561. The molecule has 5 heteroatoms. The molecule has 1 rings (SSSR count). The van der Waals surface area contributed by atoms with Gasteiger partial charge in [0.05, 0.1) is 7.11 Å². The Hall–Kier alpha value is -1.36. The first kappa shape index (κ1) is 10.6. The lowest BCUT2D eigenvalue weighted by atomic mass is 10.4. The van der Waals surface area contributed by atoms with E-state index in [1.54, 1.807) is 13.2 Å². The molecule has 0 aliphatic heterocycles. The molecule has 12 heavy (non-hydrogen) atoms. The predicted molar refractivity (Wildman–Crippen MR) is 47.8 cm³/mol. The Morgan fingerprint density at radius 1 is 1.33 bits per heavy atom. The third-order valence-corrected chi connectivity index (χ3v) is 1.06. The highest BCUT2D eigenvalue weighted by molar-refractivity contribution is 5.24. The second-order valence-corrected chi connectivity index (χ2v) is 1.91. The van der Waals surface area contributed by atoms with Crippen molar-refractivity contribution in [1.29, 1.82) is 0 Å². The number of methoxy groups -OCH3 is 1. The van der Waals surface area contributed by atoms with Gasteiger partial charge in [0.25, 0.3) is 0 Å². The average molecular weight is 170 g/mol. The van der Waals surface area contributed by atoms with Crippen molar-refractivity contribution in [3.63, 3.8) is 0 Å². The van der Waals surface area contributed by atoms with E-state index in [4.69, 9.17) is 10.5 Å². The summed E-state index contributed by atoms with van der Waals surface area (Å²) in [5.41, 5.74) is 10.6. The number of rotatable bonds is 1. The number of aryl methyl sites for hydroxylation is 1. The number of nitrogens with two attached hydrogens (primary N) is 2. The van der Waals surface area contributed by atoms with E-state index in [1.807, 2.05) is 6.92 Å².